The fourth-order valence-electron chi connectivity index (χ4n) is 3.25. The molecule has 0 spiro atoms. The Morgan fingerprint density at radius 2 is 2.36 bits per heavy atom. The lowest BCUT2D eigenvalue weighted by Crippen LogP contribution is -2.08. The summed E-state index contributed by atoms with van der Waals surface area (Å²) in [5, 5.41) is 4.60. The van der Waals surface area contributed by atoms with Gasteiger partial charge >= 0.3 is 0 Å². The first-order valence-electron chi connectivity index (χ1n) is 5.45. The Hall–Kier alpha value is -0.990. The van der Waals surface area contributed by atoms with Gasteiger partial charge in [-0.05, 0) is 32.1 Å². The molecule has 2 aliphatic carbocycles. The zero-order valence-corrected chi connectivity index (χ0v) is 8.88. The van der Waals surface area contributed by atoms with E-state index in [2.05, 4.69) is 12.0 Å². The number of fused-ring (bicyclic) bond motifs is 1. The number of nitrogens with zero attached hydrogens (tertiary/aromatic N) is 2. The molecule has 2 aliphatic rings. The first-order chi connectivity index (χ1) is 6.65. The number of nitrogens with two attached hydrogens (primary N) is 1. The second-order valence-electron chi connectivity index (χ2n) is 4.93. The van der Waals surface area contributed by atoms with Crippen LogP contribution in [0.25, 0.3) is 0 Å². The third-order valence-electron chi connectivity index (χ3n) is 4.22. The van der Waals surface area contributed by atoms with Gasteiger partial charge in [0, 0.05) is 18.0 Å². The standard InChI is InChI=1S/C11H17N3/c1-7-9(13-14(2)10(7)12)11-5-3-4-8(11)6-11/h8H,3-6,12H2,1-2H3. The van der Waals surface area contributed by atoms with Gasteiger partial charge in [0.25, 0.3) is 0 Å². The van der Waals surface area contributed by atoms with Crippen molar-refractivity contribution in [2.45, 2.75) is 38.0 Å². The lowest BCUT2D eigenvalue weighted by molar-refractivity contribution is 0.610. The van der Waals surface area contributed by atoms with E-state index in [-0.39, 0.29) is 0 Å². The van der Waals surface area contributed by atoms with Crippen LogP contribution in [0.1, 0.15) is 36.9 Å². The number of aryl methyl sites for hydroxylation is 1. The highest BCUT2D eigenvalue weighted by atomic mass is 15.3. The minimum atomic E-state index is 0.444. The van der Waals surface area contributed by atoms with Gasteiger partial charge in [0.2, 0.25) is 0 Å². The topological polar surface area (TPSA) is 43.8 Å². The SMILES string of the molecule is Cc1c(C23CCCC2C3)nn(C)c1N. The highest BCUT2D eigenvalue weighted by Gasteiger charge is 2.59. The number of nitrogen functional groups attached to an aromatic ring is 1. The zero-order valence-electron chi connectivity index (χ0n) is 8.88. The van der Waals surface area contributed by atoms with Crippen molar-refractivity contribution in [1.82, 2.24) is 9.78 Å². The quantitative estimate of drug-likeness (QED) is 0.735. The van der Waals surface area contributed by atoms with Crippen molar-refractivity contribution in [1.29, 1.82) is 0 Å². The molecule has 3 heteroatoms. The monoisotopic (exact) mass is 191 g/mol. The molecule has 0 bridgehead atoms. The molecule has 14 heavy (non-hydrogen) atoms. The van der Waals surface area contributed by atoms with Crippen LogP contribution < -0.4 is 5.73 Å². The largest absolute Gasteiger partial charge is 0.384 e. The summed E-state index contributed by atoms with van der Waals surface area (Å²) in [7, 11) is 1.94. The Morgan fingerprint density at radius 1 is 1.57 bits per heavy atom. The molecule has 2 atom stereocenters. The summed E-state index contributed by atoms with van der Waals surface area (Å²) in [6.07, 6.45) is 5.45. The molecule has 0 amide bonds. The van der Waals surface area contributed by atoms with Crippen LogP contribution >= 0.6 is 0 Å². The smallest absolute Gasteiger partial charge is 0.124 e. The van der Waals surface area contributed by atoms with Crippen LogP contribution in [-0.4, -0.2) is 9.78 Å². The Morgan fingerprint density at radius 3 is 2.79 bits per heavy atom. The average Bonchev–Trinajstić information content (AvgIpc) is 2.64. The lowest BCUT2D eigenvalue weighted by atomic mass is 9.96. The summed E-state index contributed by atoms with van der Waals surface area (Å²) >= 11 is 0. The van der Waals surface area contributed by atoms with E-state index in [0.717, 1.165) is 11.7 Å². The maximum Gasteiger partial charge on any atom is 0.124 e. The number of hydrogen-bond donors (Lipinski definition) is 1. The van der Waals surface area contributed by atoms with Crippen molar-refractivity contribution in [3.05, 3.63) is 11.3 Å². The van der Waals surface area contributed by atoms with E-state index in [4.69, 9.17) is 5.73 Å². The molecule has 1 aromatic heterocycles. The Balaban J connectivity index is 2.09. The third kappa shape index (κ3) is 0.805. The third-order valence-corrected chi connectivity index (χ3v) is 4.22. The Kier molecular flexibility index (Phi) is 1.38. The predicted octanol–water partition coefficient (Wildman–Crippen LogP) is 1.75. The van der Waals surface area contributed by atoms with Crippen LogP contribution in [0.4, 0.5) is 5.82 Å². The fraction of sp³-hybridized carbons (Fsp3) is 0.727. The normalized spacial score (nSPS) is 34.6. The van der Waals surface area contributed by atoms with Crippen LogP contribution in [0.3, 0.4) is 0 Å². The number of aromatic nitrogens is 2. The fourth-order valence-corrected chi connectivity index (χ4v) is 3.25. The van der Waals surface area contributed by atoms with Crippen molar-refractivity contribution in [3.8, 4) is 0 Å². The molecule has 2 saturated carbocycles. The van der Waals surface area contributed by atoms with E-state index in [1.54, 1.807) is 0 Å². The number of rotatable bonds is 1. The van der Waals surface area contributed by atoms with E-state index in [9.17, 15) is 0 Å². The lowest BCUT2D eigenvalue weighted by Gasteiger charge is -2.08. The van der Waals surface area contributed by atoms with Crippen molar-refractivity contribution >= 4 is 5.82 Å². The highest BCUT2D eigenvalue weighted by Crippen LogP contribution is 2.64. The molecule has 2 N–H and O–H groups in total. The summed E-state index contributed by atoms with van der Waals surface area (Å²) in [6.45, 7) is 2.11. The second kappa shape index (κ2) is 2.33. The van der Waals surface area contributed by atoms with Crippen molar-refractivity contribution in [2.24, 2.45) is 13.0 Å². The van der Waals surface area contributed by atoms with Crippen LogP contribution in [0, 0.1) is 12.8 Å². The first kappa shape index (κ1) is 8.33. The van der Waals surface area contributed by atoms with Crippen molar-refractivity contribution < 1.29 is 0 Å². The summed E-state index contributed by atoms with van der Waals surface area (Å²) in [5.74, 6) is 1.75. The first-order valence-corrected chi connectivity index (χ1v) is 5.45. The summed E-state index contributed by atoms with van der Waals surface area (Å²) < 4.78 is 1.83. The molecule has 0 aliphatic heterocycles. The van der Waals surface area contributed by atoms with E-state index < -0.39 is 0 Å². The van der Waals surface area contributed by atoms with Gasteiger partial charge in [-0.2, -0.15) is 5.10 Å². The maximum absolute atomic E-state index is 5.95. The molecule has 3 rings (SSSR count). The van der Waals surface area contributed by atoms with E-state index in [0.29, 0.717) is 5.41 Å². The zero-order chi connectivity index (χ0) is 9.92. The van der Waals surface area contributed by atoms with Gasteiger partial charge in [-0.3, -0.25) is 4.68 Å². The van der Waals surface area contributed by atoms with Crippen LogP contribution in [0.5, 0.6) is 0 Å². The minimum Gasteiger partial charge on any atom is -0.384 e. The van der Waals surface area contributed by atoms with Gasteiger partial charge < -0.3 is 5.73 Å². The maximum atomic E-state index is 5.95. The van der Waals surface area contributed by atoms with Crippen LogP contribution in [0.2, 0.25) is 0 Å². The molecule has 0 aromatic carbocycles. The number of hydrogen-bond acceptors (Lipinski definition) is 2. The summed E-state index contributed by atoms with van der Waals surface area (Å²) in [5.41, 5.74) is 8.90. The van der Waals surface area contributed by atoms with E-state index in [1.807, 2.05) is 11.7 Å². The summed E-state index contributed by atoms with van der Waals surface area (Å²) in [6, 6.07) is 0. The molecule has 0 saturated heterocycles. The summed E-state index contributed by atoms with van der Waals surface area (Å²) in [4.78, 5) is 0. The van der Waals surface area contributed by atoms with Gasteiger partial charge in [-0.1, -0.05) is 6.42 Å². The molecule has 2 fully saturated rings. The second-order valence-corrected chi connectivity index (χ2v) is 4.93. The molecule has 76 valence electrons. The molecular weight excluding hydrogens is 174 g/mol. The molecule has 1 heterocycles. The van der Waals surface area contributed by atoms with Gasteiger partial charge in [-0.15, -0.1) is 0 Å². The Labute approximate surface area is 84.3 Å². The van der Waals surface area contributed by atoms with Crippen molar-refractivity contribution in [2.75, 3.05) is 5.73 Å². The van der Waals surface area contributed by atoms with E-state index >= 15 is 0 Å². The highest BCUT2D eigenvalue weighted by molar-refractivity contribution is 5.48. The molecule has 0 radical (unpaired) electrons. The average molecular weight is 191 g/mol. The molecule has 2 unspecified atom stereocenters. The molecule has 3 nitrogen and oxygen atoms in total. The number of anilines is 1. The predicted molar refractivity (Wildman–Crippen MR) is 56.0 cm³/mol. The molecular formula is C11H17N3. The van der Waals surface area contributed by atoms with Crippen LogP contribution in [-0.2, 0) is 12.5 Å². The van der Waals surface area contributed by atoms with Crippen LogP contribution in [0.15, 0.2) is 0 Å². The van der Waals surface area contributed by atoms with Crippen molar-refractivity contribution in [3.63, 3.8) is 0 Å². The Bertz CT molecular complexity index is 393. The van der Waals surface area contributed by atoms with Gasteiger partial charge in [0.1, 0.15) is 5.82 Å². The molecule has 1 aromatic rings. The van der Waals surface area contributed by atoms with Gasteiger partial charge in [0.15, 0.2) is 0 Å². The minimum absolute atomic E-state index is 0.444. The van der Waals surface area contributed by atoms with Gasteiger partial charge in [0.05, 0.1) is 5.69 Å². The van der Waals surface area contributed by atoms with E-state index in [1.165, 1.54) is 36.9 Å². The van der Waals surface area contributed by atoms with Gasteiger partial charge in [-0.25, -0.2) is 0 Å².